The second kappa shape index (κ2) is 8.62. The summed E-state index contributed by atoms with van der Waals surface area (Å²) in [6.45, 7) is 5.08. The maximum atomic E-state index is 11.4. The highest BCUT2D eigenvalue weighted by Gasteiger charge is 2.46. The van der Waals surface area contributed by atoms with Crippen molar-refractivity contribution < 1.29 is 29.6 Å². The van der Waals surface area contributed by atoms with Gasteiger partial charge >= 0.3 is 0 Å². The van der Waals surface area contributed by atoms with E-state index in [-0.39, 0.29) is 5.91 Å². The second-order valence-electron chi connectivity index (χ2n) is 6.43. The normalized spacial score (nSPS) is 30.6. The lowest BCUT2D eigenvalue weighted by molar-refractivity contribution is -0.244. The Bertz CT molecular complexity index is 563. The standard InChI is InChI=1S/C18H27NO6/c1-4-10(2)12-5-7-13(8-6-12)24-18-15(19-11(3)21)17(23)16(22)14(9-20)25-18/h5-8,10,14-18,20,22-23H,4,9H2,1-3H3,(H,19,21)/t10-,14+,15-,16-,17+,18+/m0/s1. The van der Waals surface area contributed by atoms with Gasteiger partial charge in [0.1, 0.15) is 30.1 Å². The minimum Gasteiger partial charge on any atom is -0.463 e. The average molecular weight is 353 g/mol. The van der Waals surface area contributed by atoms with Crippen LogP contribution in [0, 0.1) is 0 Å². The molecule has 1 aromatic carbocycles. The molecule has 0 bridgehead atoms. The fourth-order valence-electron chi connectivity index (χ4n) is 2.82. The molecule has 1 aliphatic heterocycles. The van der Waals surface area contributed by atoms with Crippen LogP contribution in [0.4, 0.5) is 0 Å². The van der Waals surface area contributed by atoms with Crippen molar-refractivity contribution in [2.75, 3.05) is 6.61 Å². The van der Waals surface area contributed by atoms with Gasteiger partial charge in [0.05, 0.1) is 6.61 Å². The molecule has 0 unspecified atom stereocenters. The molecule has 1 saturated heterocycles. The molecular formula is C18H27NO6. The molecule has 6 atom stereocenters. The van der Waals surface area contributed by atoms with Gasteiger partial charge < -0.3 is 30.1 Å². The zero-order valence-corrected chi connectivity index (χ0v) is 14.8. The molecule has 0 aromatic heterocycles. The lowest BCUT2D eigenvalue weighted by Gasteiger charge is -2.42. The predicted octanol–water partition coefficient (Wildman–Crippen LogP) is 0.523. The number of carbonyl (C=O) groups excluding carboxylic acids is 1. The molecule has 0 radical (unpaired) electrons. The molecule has 7 heteroatoms. The fraction of sp³-hybridized carbons (Fsp3) is 0.611. The lowest BCUT2D eigenvalue weighted by atomic mass is 9.97. The maximum Gasteiger partial charge on any atom is 0.223 e. The number of hydrogen-bond acceptors (Lipinski definition) is 6. The van der Waals surface area contributed by atoms with E-state index in [1.165, 1.54) is 12.5 Å². The van der Waals surface area contributed by atoms with E-state index in [1.54, 1.807) is 12.1 Å². The Hall–Kier alpha value is -1.67. The highest BCUT2D eigenvalue weighted by Crippen LogP contribution is 2.26. The Morgan fingerprint density at radius 1 is 1.28 bits per heavy atom. The van der Waals surface area contributed by atoms with Gasteiger partial charge in [-0.3, -0.25) is 4.79 Å². The summed E-state index contributed by atoms with van der Waals surface area (Å²) in [5.74, 6) is 0.554. The van der Waals surface area contributed by atoms with Gasteiger partial charge in [-0.1, -0.05) is 26.0 Å². The van der Waals surface area contributed by atoms with Crippen molar-refractivity contribution >= 4 is 5.91 Å². The first kappa shape index (κ1) is 19.7. The number of aliphatic hydroxyl groups excluding tert-OH is 3. The SMILES string of the molecule is CC[C@H](C)c1ccc(O[C@@H]2O[C@H](CO)[C@H](O)[C@H](O)[C@@H]2NC(C)=O)cc1. The third kappa shape index (κ3) is 4.70. The van der Waals surface area contributed by atoms with Gasteiger partial charge in [-0.05, 0) is 30.0 Å². The van der Waals surface area contributed by atoms with Crippen molar-refractivity contribution in [2.45, 2.75) is 63.8 Å². The summed E-state index contributed by atoms with van der Waals surface area (Å²) in [5, 5.41) is 32.1. The van der Waals surface area contributed by atoms with Crippen LogP contribution in [0.15, 0.2) is 24.3 Å². The van der Waals surface area contributed by atoms with E-state index in [1.807, 2.05) is 12.1 Å². The third-order valence-corrected chi connectivity index (χ3v) is 4.56. The van der Waals surface area contributed by atoms with Crippen molar-refractivity contribution in [3.05, 3.63) is 29.8 Å². The van der Waals surface area contributed by atoms with E-state index < -0.39 is 37.3 Å². The third-order valence-electron chi connectivity index (χ3n) is 4.56. The fourth-order valence-corrected chi connectivity index (χ4v) is 2.82. The molecule has 2 rings (SSSR count). The first-order valence-corrected chi connectivity index (χ1v) is 8.53. The predicted molar refractivity (Wildman–Crippen MR) is 91.1 cm³/mol. The van der Waals surface area contributed by atoms with E-state index in [2.05, 4.69) is 19.2 Å². The van der Waals surface area contributed by atoms with Crippen LogP contribution in [-0.2, 0) is 9.53 Å². The molecule has 1 amide bonds. The molecule has 1 heterocycles. The highest BCUT2D eigenvalue weighted by molar-refractivity contribution is 5.73. The van der Waals surface area contributed by atoms with E-state index in [4.69, 9.17) is 9.47 Å². The van der Waals surface area contributed by atoms with Gasteiger partial charge in [-0.25, -0.2) is 0 Å². The molecule has 0 spiro atoms. The summed E-state index contributed by atoms with van der Waals surface area (Å²) in [6.07, 6.45) is -3.65. The highest BCUT2D eigenvalue weighted by atomic mass is 16.7. The number of ether oxygens (including phenoxy) is 2. The van der Waals surface area contributed by atoms with Crippen LogP contribution in [0.3, 0.4) is 0 Å². The smallest absolute Gasteiger partial charge is 0.223 e. The number of carbonyl (C=O) groups is 1. The molecule has 140 valence electrons. The Morgan fingerprint density at radius 2 is 1.92 bits per heavy atom. The van der Waals surface area contributed by atoms with Crippen molar-refractivity contribution in [2.24, 2.45) is 0 Å². The van der Waals surface area contributed by atoms with Crippen LogP contribution in [-0.4, -0.2) is 58.5 Å². The van der Waals surface area contributed by atoms with Gasteiger partial charge in [0.2, 0.25) is 12.2 Å². The minimum atomic E-state index is -1.32. The number of aliphatic hydroxyl groups is 3. The van der Waals surface area contributed by atoms with Crippen LogP contribution in [0.2, 0.25) is 0 Å². The topological polar surface area (TPSA) is 108 Å². The van der Waals surface area contributed by atoms with Gasteiger partial charge in [-0.2, -0.15) is 0 Å². The first-order valence-electron chi connectivity index (χ1n) is 8.53. The lowest BCUT2D eigenvalue weighted by Crippen LogP contribution is -2.65. The number of benzene rings is 1. The molecule has 1 aromatic rings. The molecular weight excluding hydrogens is 326 g/mol. The summed E-state index contributed by atoms with van der Waals surface area (Å²) in [6, 6.07) is 6.54. The monoisotopic (exact) mass is 353 g/mol. The van der Waals surface area contributed by atoms with Crippen LogP contribution in [0.1, 0.15) is 38.7 Å². The van der Waals surface area contributed by atoms with Crippen LogP contribution < -0.4 is 10.1 Å². The Labute approximate surface area is 147 Å². The number of amides is 1. The van der Waals surface area contributed by atoms with Crippen molar-refractivity contribution in [1.82, 2.24) is 5.32 Å². The summed E-state index contributed by atoms with van der Waals surface area (Å²) in [7, 11) is 0. The van der Waals surface area contributed by atoms with E-state index in [0.717, 1.165) is 6.42 Å². The van der Waals surface area contributed by atoms with Crippen LogP contribution in [0.25, 0.3) is 0 Å². The Morgan fingerprint density at radius 3 is 2.44 bits per heavy atom. The number of hydrogen-bond donors (Lipinski definition) is 4. The average Bonchev–Trinajstić information content (AvgIpc) is 2.60. The van der Waals surface area contributed by atoms with Crippen LogP contribution >= 0.6 is 0 Å². The first-order chi connectivity index (χ1) is 11.9. The van der Waals surface area contributed by atoms with E-state index >= 15 is 0 Å². The number of rotatable bonds is 6. The Balaban J connectivity index is 2.16. The van der Waals surface area contributed by atoms with Crippen molar-refractivity contribution in [1.29, 1.82) is 0 Å². The molecule has 0 aliphatic carbocycles. The number of nitrogens with one attached hydrogen (secondary N) is 1. The molecule has 4 N–H and O–H groups in total. The van der Waals surface area contributed by atoms with Gasteiger partial charge in [0.25, 0.3) is 0 Å². The summed E-state index contributed by atoms with van der Waals surface area (Å²) < 4.78 is 11.3. The van der Waals surface area contributed by atoms with Gasteiger partial charge in [0, 0.05) is 6.92 Å². The summed E-state index contributed by atoms with van der Waals surface area (Å²) >= 11 is 0. The van der Waals surface area contributed by atoms with E-state index in [9.17, 15) is 20.1 Å². The van der Waals surface area contributed by atoms with Gasteiger partial charge in [0.15, 0.2) is 0 Å². The van der Waals surface area contributed by atoms with Crippen molar-refractivity contribution in [3.8, 4) is 5.75 Å². The summed E-state index contributed by atoms with van der Waals surface area (Å²) in [5.41, 5.74) is 1.18. The van der Waals surface area contributed by atoms with E-state index in [0.29, 0.717) is 11.7 Å². The second-order valence-corrected chi connectivity index (χ2v) is 6.43. The van der Waals surface area contributed by atoms with Crippen LogP contribution in [0.5, 0.6) is 5.75 Å². The molecule has 25 heavy (non-hydrogen) atoms. The largest absolute Gasteiger partial charge is 0.463 e. The maximum absolute atomic E-state index is 11.4. The molecule has 7 nitrogen and oxygen atoms in total. The molecule has 1 fully saturated rings. The zero-order valence-electron chi connectivity index (χ0n) is 14.8. The van der Waals surface area contributed by atoms with Crippen molar-refractivity contribution in [3.63, 3.8) is 0 Å². The molecule has 0 saturated carbocycles. The minimum absolute atomic E-state index is 0.386. The van der Waals surface area contributed by atoms with Gasteiger partial charge in [-0.15, -0.1) is 0 Å². The summed E-state index contributed by atoms with van der Waals surface area (Å²) in [4.78, 5) is 11.4. The quantitative estimate of drug-likeness (QED) is 0.594. The molecule has 1 aliphatic rings. The Kier molecular flexibility index (Phi) is 6.78. The zero-order chi connectivity index (χ0) is 18.6.